The number of rotatable bonds is 9. The second-order valence-corrected chi connectivity index (χ2v) is 8.26. The van der Waals surface area contributed by atoms with Gasteiger partial charge in [0.1, 0.15) is 0 Å². The van der Waals surface area contributed by atoms with E-state index in [4.69, 9.17) is 0 Å². The standard InChI is InChI=1S/C21H38/c1-9-18(4)11-14-20(13-10-17(2)3)15-12-19(5)16-21(6,7)8/h9,12-13,15,17-19H,1,10-11,14,16H2,2-8H3. The lowest BCUT2D eigenvalue weighted by Crippen LogP contribution is -2.09. The Hall–Kier alpha value is -0.780. The zero-order chi connectivity index (χ0) is 16.5. The van der Waals surface area contributed by atoms with Crippen LogP contribution in [0.2, 0.25) is 0 Å². The summed E-state index contributed by atoms with van der Waals surface area (Å²) in [6, 6.07) is 0. The van der Waals surface area contributed by atoms with E-state index in [1.807, 2.05) is 0 Å². The predicted octanol–water partition coefficient (Wildman–Crippen LogP) is 7.19. The molecule has 0 heteroatoms. The highest BCUT2D eigenvalue weighted by atomic mass is 14.2. The molecular formula is C21H38. The molecule has 0 aliphatic heterocycles. The fourth-order valence-electron chi connectivity index (χ4n) is 2.47. The first kappa shape index (κ1) is 20.2. The van der Waals surface area contributed by atoms with Crippen LogP contribution in [0.3, 0.4) is 0 Å². The van der Waals surface area contributed by atoms with Gasteiger partial charge in [0.15, 0.2) is 0 Å². The van der Waals surface area contributed by atoms with E-state index in [-0.39, 0.29) is 0 Å². The van der Waals surface area contributed by atoms with Gasteiger partial charge in [0.05, 0.1) is 0 Å². The van der Waals surface area contributed by atoms with E-state index in [0.717, 1.165) is 5.92 Å². The van der Waals surface area contributed by atoms with Crippen LogP contribution in [0, 0.1) is 23.2 Å². The molecule has 0 N–H and O–H groups in total. The molecule has 122 valence electrons. The molecule has 0 saturated carbocycles. The Bertz CT molecular complexity index is 336. The van der Waals surface area contributed by atoms with Gasteiger partial charge in [-0.1, -0.05) is 78.3 Å². The Morgan fingerprint density at radius 3 is 2.14 bits per heavy atom. The lowest BCUT2D eigenvalue weighted by atomic mass is 9.85. The maximum atomic E-state index is 3.89. The van der Waals surface area contributed by atoms with Crippen LogP contribution in [0.1, 0.15) is 74.1 Å². The molecule has 0 aromatic heterocycles. The highest BCUT2D eigenvalue weighted by Gasteiger charge is 2.13. The summed E-state index contributed by atoms with van der Waals surface area (Å²) < 4.78 is 0. The highest BCUT2D eigenvalue weighted by molar-refractivity contribution is 5.19. The van der Waals surface area contributed by atoms with Crippen molar-refractivity contribution in [1.29, 1.82) is 0 Å². The van der Waals surface area contributed by atoms with Gasteiger partial charge in [-0.15, -0.1) is 6.58 Å². The summed E-state index contributed by atoms with van der Waals surface area (Å²) in [4.78, 5) is 0. The third-order valence-corrected chi connectivity index (χ3v) is 3.72. The van der Waals surface area contributed by atoms with E-state index < -0.39 is 0 Å². The van der Waals surface area contributed by atoms with Crippen molar-refractivity contribution in [3.8, 4) is 0 Å². The molecule has 21 heavy (non-hydrogen) atoms. The summed E-state index contributed by atoms with van der Waals surface area (Å²) in [7, 11) is 0. The Morgan fingerprint density at radius 1 is 1.05 bits per heavy atom. The molecule has 0 aliphatic rings. The molecule has 0 radical (unpaired) electrons. The summed E-state index contributed by atoms with van der Waals surface area (Å²) in [5.41, 5.74) is 1.90. The smallest absolute Gasteiger partial charge is 0.0254 e. The van der Waals surface area contributed by atoms with Crippen LogP contribution in [0.15, 0.2) is 36.5 Å². The van der Waals surface area contributed by atoms with E-state index in [2.05, 4.69) is 79.3 Å². The van der Waals surface area contributed by atoms with Crippen molar-refractivity contribution in [3.63, 3.8) is 0 Å². The Labute approximate surface area is 134 Å². The van der Waals surface area contributed by atoms with E-state index >= 15 is 0 Å². The maximum Gasteiger partial charge on any atom is -0.0254 e. The van der Waals surface area contributed by atoms with E-state index in [9.17, 15) is 0 Å². The zero-order valence-corrected chi connectivity index (χ0v) is 15.6. The SMILES string of the molecule is C=CC(C)CCC(C=CC(C)CC(C)(C)C)=CCC(C)C. The van der Waals surface area contributed by atoms with Crippen LogP contribution in [-0.2, 0) is 0 Å². The molecule has 0 saturated heterocycles. The van der Waals surface area contributed by atoms with Crippen molar-refractivity contribution >= 4 is 0 Å². The van der Waals surface area contributed by atoms with Crippen molar-refractivity contribution in [2.45, 2.75) is 74.1 Å². The predicted molar refractivity (Wildman–Crippen MR) is 98.5 cm³/mol. The lowest BCUT2D eigenvalue weighted by Gasteiger charge is -2.21. The molecule has 0 spiro atoms. The van der Waals surface area contributed by atoms with Gasteiger partial charge in [0.25, 0.3) is 0 Å². The van der Waals surface area contributed by atoms with Gasteiger partial charge < -0.3 is 0 Å². The number of hydrogen-bond donors (Lipinski definition) is 0. The van der Waals surface area contributed by atoms with Crippen molar-refractivity contribution < 1.29 is 0 Å². The molecule has 2 unspecified atom stereocenters. The normalized spacial score (nSPS) is 16.5. The van der Waals surface area contributed by atoms with Crippen LogP contribution in [0.5, 0.6) is 0 Å². The van der Waals surface area contributed by atoms with Crippen molar-refractivity contribution in [1.82, 2.24) is 0 Å². The van der Waals surface area contributed by atoms with Gasteiger partial charge in [-0.05, 0) is 48.9 Å². The van der Waals surface area contributed by atoms with E-state index in [1.54, 1.807) is 0 Å². The molecule has 0 aliphatic carbocycles. The first-order valence-corrected chi connectivity index (χ1v) is 8.64. The monoisotopic (exact) mass is 290 g/mol. The molecule has 0 aromatic rings. The minimum absolute atomic E-state index is 0.406. The largest absolute Gasteiger partial charge is 0.103 e. The Kier molecular flexibility index (Phi) is 9.66. The van der Waals surface area contributed by atoms with Crippen molar-refractivity contribution in [2.75, 3.05) is 0 Å². The van der Waals surface area contributed by atoms with Gasteiger partial charge in [0, 0.05) is 0 Å². The quantitative estimate of drug-likeness (QED) is 0.311. The average Bonchev–Trinajstić information content (AvgIpc) is 2.34. The lowest BCUT2D eigenvalue weighted by molar-refractivity contribution is 0.337. The van der Waals surface area contributed by atoms with Crippen LogP contribution in [0.25, 0.3) is 0 Å². The summed E-state index contributed by atoms with van der Waals surface area (Å²) in [6.07, 6.45) is 14.0. The second kappa shape index (κ2) is 10.0. The zero-order valence-electron chi connectivity index (χ0n) is 15.6. The molecule has 0 nitrogen and oxygen atoms in total. The number of hydrogen-bond acceptors (Lipinski definition) is 0. The topological polar surface area (TPSA) is 0 Å². The third-order valence-electron chi connectivity index (χ3n) is 3.72. The molecule has 0 aromatic carbocycles. The second-order valence-electron chi connectivity index (χ2n) is 8.26. The van der Waals surface area contributed by atoms with Crippen LogP contribution in [0.4, 0.5) is 0 Å². The number of allylic oxidation sites excluding steroid dienone is 5. The summed E-state index contributed by atoms with van der Waals surface area (Å²) in [6.45, 7) is 20.0. The van der Waals surface area contributed by atoms with Crippen LogP contribution >= 0.6 is 0 Å². The van der Waals surface area contributed by atoms with Crippen LogP contribution in [-0.4, -0.2) is 0 Å². The van der Waals surface area contributed by atoms with Crippen molar-refractivity contribution in [2.24, 2.45) is 23.2 Å². The molecule has 0 heterocycles. The molecular weight excluding hydrogens is 252 g/mol. The Morgan fingerprint density at radius 2 is 1.67 bits per heavy atom. The highest BCUT2D eigenvalue weighted by Crippen LogP contribution is 2.25. The first-order chi connectivity index (χ1) is 9.64. The minimum Gasteiger partial charge on any atom is -0.103 e. The Balaban J connectivity index is 4.65. The van der Waals surface area contributed by atoms with E-state index in [0.29, 0.717) is 17.3 Å². The first-order valence-electron chi connectivity index (χ1n) is 8.64. The fraction of sp³-hybridized carbons (Fsp3) is 0.714. The van der Waals surface area contributed by atoms with Gasteiger partial charge in [0.2, 0.25) is 0 Å². The molecule has 2 atom stereocenters. The van der Waals surface area contributed by atoms with Gasteiger partial charge in [-0.2, -0.15) is 0 Å². The maximum absolute atomic E-state index is 3.89. The summed E-state index contributed by atoms with van der Waals surface area (Å²) in [5, 5.41) is 0. The molecule has 0 rings (SSSR count). The molecule has 0 bridgehead atoms. The third kappa shape index (κ3) is 12.7. The van der Waals surface area contributed by atoms with Crippen molar-refractivity contribution in [3.05, 3.63) is 36.5 Å². The summed E-state index contributed by atoms with van der Waals surface area (Å²) in [5.74, 6) is 1.98. The van der Waals surface area contributed by atoms with Crippen LogP contribution < -0.4 is 0 Å². The van der Waals surface area contributed by atoms with Gasteiger partial charge in [-0.25, -0.2) is 0 Å². The molecule has 0 amide bonds. The fourth-order valence-corrected chi connectivity index (χ4v) is 2.47. The average molecular weight is 291 g/mol. The van der Waals surface area contributed by atoms with E-state index in [1.165, 1.54) is 31.3 Å². The van der Waals surface area contributed by atoms with Gasteiger partial charge in [-0.3, -0.25) is 0 Å². The van der Waals surface area contributed by atoms with Gasteiger partial charge >= 0.3 is 0 Å². The summed E-state index contributed by atoms with van der Waals surface area (Å²) >= 11 is 0. The molecule has 0 fully saturated rings. The minimum atomic E-state index is 0.406.